The number of benzene rings is 1. The molecule has 4 nitrogen and oxygen atoms in total. The maximum atomic E-state index is 5.35. The van der Waals surface area contributed by atoms with Gasteiger partial charge in [-0.15, -0.1) is 0 Å². The van der Waals surface area contributed by atoms with Gasteiger partial charge in [-0.1, -0.05) is 6.07 Å². The SMILES string of the molecule is COCc1ccc(OC)c(OC)c1COC. The summed E-state index contributed by atoms with van der Waals surface area (Å²) in [5.41, 5.74) is 2.01. The quantitative estimate of drug-likeness (QED) is 0.743. The molecule has 0 aliphatic carbocycles. The van der Waals surface area contributed by atoms with Crippen LogP contribution >= 0.6 is 0 Å². The van der Waals surface area contributed by atoms with Gasteiger partial charge in [0.2, 0.25) is 0 Å². The van der Waals surface area contributed by atoms with E-state index in [4.69, 9.17) is 18.9 Å². The van der Waals surface area contributed by atoms with Gasteiger partial charge in [0.15, 0.2) is 11.5 Å². The second kappa shape index (κ2) is 6.35. The highest BCUT2D eigenvalue weighted by molar-refractivity contribution is 5.50. The number of hydrogen-bond acceptors (Lipinski definition) is 4. The molecule has 0 spiro atoms. The van der Waals surface area contributed by atoms with Gasteiger partial charge in [0.1, 0.15) is 0 Å². The zero-order chi connectivity index (χ0) is 12.0. The Balaban J connectivity index is 3.20. The Morgan fingerprint density at radius 3 is 2.06 bits per heavy atom. The zero-order valence-electron chi connectivity index (χ0n) is 10.2. The minimum Gasteiger partial charge on any atom is -0.493 e. The Morgan fingerprint density at radius 1 is 0.875 bits per heavy atom. The summed E-state index contributed by atoms with van der Waals surface area (Å²) < 4.78 is 20.9. The normalized spacial score (nSPS) is 10.2. The second-order valence-corrected chi connectivity index (χ2v) is 3.30. The van der Waals surface area contributed by atoms with Crippen molar-refractivity contribution < 1.29 is 18.9 Å². The fourth-order valence-electron chi connectivity index (χ4n) is 1.62. The van der Waals surface area contributed by atoms with E-state index in [0.29, 0.717) is 24.7 Å². The molecular weight excluding hydrogens is 208 g/mol. The standard InChI is InChI=1S/C12H18O4/c1-13-7-9-5-6-11(15-3)12(16-4)10(9)8-14-2/h5-6H,7-8H2,1-4H3. The Labute approximate surface area is 96.1 Å². The molecule has 16 heavy (non-hydrogen) atoms. The van der Waals surface area contributed by atoms with E-state index in [1.54, 1.807) is 28.4 Å². The van der Waals surface area contributed by atoms with Crippen LogP contribution in [0.15, 0.2) is 12.1 Å². The van der Waals surface area contributed by atoms with Crippen LogP contribution in [-0.4, -0.2) is 28.4 Å². The number of ether oxygens (including phenoxy) is 4. The predicted molar refractivity (Wildman–Crippen MR) is 61.0 cm³/mol. The monoisotopic (exact) mass is 226 g/mol. The van der Waals surface area contributed by atoms with E-state index in [2.05, 4.69) is 0 Å². The molecule has 4 heteroatoms. The Bertz CT molecular complexity index is 336. The van der Waals surface area contributed by atoms with Crippen molar-refractivity contribution in [2.45, 2.75) is 13.2 Å². The minimum atomic E-state index is 0.471. The van der Waals surface area contributed by atoms with Crippen molar-refractivity contribution in [1.82, 2.24) is 0 Å². The van der Waals surface area contributed by atoms with E-state index in [0.717, 1.165) is 11.1 Å². The first-order valence-corrected chi connectivity index (χ1v) is 4.99. The molecule has 1 aromatic carbocycles. The van der Waals surface area contributed by atoms with E-state index in [1.807, 2.05) is 12.1 Å². The molecule has 0 N–H and O–H groups in total. The van der Waals surface area contributed by atoms with Gasteiger partial charge in [-0.3, -0.25) is 0 Å². The third-order valence-electron chi connectivity index (χ3n) is 2.33. The fourth-order valence-corrected chi connectivity index (χ4v) is 1.62. The van der Waals surface area contributed by atoms with Crippen LogP contribution in [0, 0.1) is 0 Å². The van der Waals surface area contributed by atoms with Crippen molar-refractivity contribution in [1.29, 1.82) is 0 Å². The predicted octanol–water partition coefficient (Wildman–Crippen LogP) is 2.00. The molecule has 0 heterocycles. The average molecular weight is 226 g/mol. The number of hydrogen-bond donors (Lipinski definition) is 0. The van der Waals surface area contributed by atoms with Crippen LogP contribution in [0.1, 0.15) is 11.1 Å². The van der Waals surface area contributed by atoms with E-state index in [-0.39, 0.29) is 0 Å². The summed E-state index contributed by atoms with van der Waals surface area (Å²) in [4.78, 5) is 0. The Hall–Kier alpha value is -1.26. The van der Waals surface area contributed by atoms with Crippen LogP contribution in [0.25, 0.3) is 0 Å². The zero-order valence-corrected chi connectivity index (χ0v) is 10.2. The van der Waals surface area contributed by atoms with Gasteiger partial charge in [-0.05, 0) is 11.6 Å². The Kier molecular flexibility index (Phi) is 5.08. The van der Waals surface area contributed by atoms with Crippen LogP contribution in [-0.2, 0) is 22.7 Å². The molecule has 0 saturated heterocycles. The smallest absolute Gasteiger partial charge is 0.166 e. The highest BCUT2D eigenvalue weighted by Crippen LogP contribution is 2.34. The maximum Gasteiger partial charge on any atom is 0.166 e. The van der Waals surface area contributed by atoms with Crippen LogP contribution in [0.4, 0.5) is 0 Å². The molecule has 0 amide bonds. The minimum absolute atomic E-state index is 0.471. The molecular formula is C12H18O4. The van der Waals surface area contributed by atoms with Crippen molar-refractivity contribution in [3.05, 3.63) is 23.3 Å². The molecule has 0 aliphatic rings. The van der Waals surface area contributed by atoms with Crippen molar-refractivity contribution >= 4 is 0 Å². The van der Waals surface area contributed by atoms with Crippen LogP contribution < -0.4 is 9.47 Å². The first-order valence-electron chi connectivity index (χ1n) is 4.99. The third kappa shape index (κ3) is 2.65. The lowest BCUT2D eigenvalue weighted by Crippen LogP contribution is -2.03. The van der Waals surface area contributed by atoms with Gasteiger partial charge in [0.25, 0.3) is 0 Å². The molecule has 0 saturated carbocycles. The number of rotatable bonds is 6. The summed E-state index contributed by atoms with van der Waals surface area (Å²) in [6.07, 6.45) is 0. The summed E-state index contributed by atoms with van der Waals surface area (Å²) in [6, 6.07) is 3.82. The third-order valence-corrected chi connectivity index (χ3v) is 2.33. The highest BCUT2D eigenvalue weighted by Gasteiger charge is 2.14. The molecule has 90 valence electrons. The molecule has 0 unspecified atom stereocenters. The van der Waals surface area contributed by atoms with E-state index < -0.39 is 0 Å². The lowest BCUT2D eigenvalue weighted by atomic mass is 10.1. The van der Waals surface area contributed by atoms with Crippen molar-refractivity contribution in [2.24, 2.45) is 0 Å². The van der Waals surface area contributed by atoms with Gasteiger partial charge in [-0.25, -0.2) is 0 Å². The van der Waals surface area contributed by atoms with Crippen LogP contribution in [0.3, 0.4) is 0 Å². The van der Waals surface area contributed by atoms with Crippen molar-refractivity contribution in [3.8, 4) is 11.5 Å². The summed E-state index contributed by atoms with van der Waals surface area (Å²) in [6.45, 7) is 0.998. The first kappa shape index (κ1) is 12.8. The number of methoxy groups -OCH3 is 4. The van der Waals surface area contributed by atoms with Gasteiger partial charge >= 0.3 is 0 Å². The van der Waals surface area contributed by atoms with Crippen LogP contribution in [0.5, 0.6) is 11.5 Å². The van der Waals surface area contributed by atoms with Gasteiger partial charge < -0.3 is 18.9 Å². The lowest BCUT2D eigenvalue weighted by Gasteiger charge is -2.16. The summed E-state index contributed by atoms with van der Waals surface area (Å²) in [5, 5.41) is 0. The molecule has 0 aliphatic heterocycles. The van der Waals surface area contributed by atoms with Gasteiger partial charge in [0, 0.05) is 19.8 Å². The van der Waals surface area contributed by atoms with Gasteiger partial charge in [-0.2, -0.15) is 0 Å². The largest absolute Gasteiger partial charge is 0.493 e. The topological polar surface area (TPSA) is 36.9 Å². The molecule has 0 bridgehead atoms. The van der Waals surface area contributed by atoms with E-state index in [1.165, 1.54) is 0 Å². The molecule has 0 radical (unpaired) electrons. The summed E-state index contributed by atoms with van der Waals surface area (Å²) >= 11 is 0. The summed E-state index contributed by atoms with van der Waals surface area (Å²) in [7, 11) is 6.54. The Morgan fingerprint density at radius 2 is 1.56 bits per heavy atom. The molecule has 1 aromatic rings. The van der Waals surface area contributed by atoms with Crippen LogP contribution in [0.2, 0.25) is 0 Å². The average Bonchev–Trinajstić information content (AvgIpc) is 2.31. The van der Waals surface area contributed by atoms with Gasteiger partial charge in [0.05, 0.1) is 27.4 Å². The van der Waals surface area contributed by atoms with E-state index in [9.17, 15) is 0 Å². The first-order chi connectivity index (χ1) is 7.78. The molecule has 0 atom stereocenters. The van der Waals surface area contributed by atoms with E-state index >= 15 is 0 Å². The van der Waals surface area contributed by atoms with Crippen molar-refractivity contribution in [3.63, 3.8) is 0 Å². The maximum absolute atomic E-state index is 5.35. The molecule has 0 aromatic heterocycles. The second-order valence-electron chi connectivity index (χ2n) is 3.30. The van der Waals surface area contributed by atoms with Crippen molar-refractivity contribution in [2.75, 3.05) is 28.4 Å². The summed E-state index contributed by atoms with van der Waals surface area (Å²) in [5.74, 6) is 1.41. The lowest BCUT2D eigenvalue weighted by molar-refractivity contribution is 0.165. The molecule has 1 rings (SSSR count). The highest BCUT2D eigenvalue weighted by atomic mass is 16.5. The fraction of sp³-hybridized carbons (Fsp3) is 0.500. The molecule has 0 fully saturated rings.